The molecule has 3 atom stereocenters. The highest BCUT2D eigenvalue weighted by atomic mass is 16.5. The first-order valence-electron chi connectivity index (χ1n) is 15.0. The molecule has 0 bridgehead atoms. The van der Waals surface area contributed by atoms with Crippen LogP contribution in [0.5, 0.6) is 11.5 Å². The summed E-state index contributed by atoms with van der Waals surface area (Å²) in [7, 11) is 0.967. The number of nitrogens with one attached hydrogen (secondary N) is 3. The summed E-state index contributed by atoms with van der Waals surface area (Å²) in [5.74, 6) is -0.539. The van der Waals surface area contributed by atoms with Crippen molar-refractivity contribution in [2.24, 2.45) is 0 Å². The molecule has 14 nitrogen and oxygen atoms in total. The van der Waals surface area contributed by atoms with Gasteiger partial charge in [-0.25, -0.2) is 0 Å². The number of ether oxygens (including phenoxy) is 2. The van der Waals surface area contributed by atoms with Crippen LogP contribution in [0.4, 0.5) is 0 Å². The predicted octanol–water partition coefficient (Wildman–Crippen LogP) is 0.0244. The molecule has 16 heteroatoms. The van der Waals surface area contributed by atoms with Gasteiger partial charge in [0.05, 0.1) is 39.9 Å². The molecule has 6 N–H and O–H groups in total. The van der Waals surface area contributed by atoms with Gasteiger partial charge in [0.2, 0.25) is 6.41 Å². The smallest absolute Gasteiger partial charge is 0.491 e. The van der Waals surface area contributed by atoms with Crippen LogP contribution >= 0.6 is 0 Å². The number of hydrogen-bond acceptors (Lipinski definition) is 10. The van der Waals surface area contributed by atoms with Crippen molar-refractivity contribution < 1.29 is 53.1 Å². The Labute approximate surface area is 278 Å². The van der Waals surface area contributed by atoms with E-state index in [-0.39, 0.29) is 30.3 Å². The first kappa shape index (κ1) is 36.0. The van der Waals surface area contributed by atoms with Gasteiger partial charge in [-0.3, -0.25) is 19.2 Å². The number of benzene rings is 3. The van der Waals surface area contributed by atoms with E-state index >= 15 is 0 Å². The van der Waals surface area contributed by atoms with E-state index in [1.807, 2.05) is 0 Å². The molecule has 48 heavy (non-hydrogen) atoms. The second kappa shape index (κ2) is 16.3. The number of aliphatic carboxylic acids is 1. The van der Waals surface area contributed by atoms with Gasteiger partial charge in [-0.1, -0.05) is 12.1 Å². The van der Waals surface area contributed by atoms with Crippen molar-refractivity contribution >= 4 is 49.4 Å². The molecule has 0 aromatic heterocycles. The van der Waals surface area contributed by atoms with E-state index in [0.717, 1.165) is 11.1 Å². The van der Waals surface area contributed by atoms with Gasteiger partial charge in [0.15, 0.2) is 0 Å². The maximum absolute atomic E-state index is 12.6. The van der Waals surface area contributed by atoms with E-state index in [0.29, 0.717) is 58.7 Å². The lowest BCUT2D eigenvalue weighted by molar-refractivity contribution is -0.137. The summed E-state index contributed by atoms with van der Waals surface area (Å²) in [6.45, 7) is 4.25. The van der Waals surface area contributed by atoms with Gasteiger partial charge in [0, 0.05) is 29.3 Å². The van der Waals surface area contributed by atoms with Crippen LogP contribution in [0, 0.1) is 0 Å². The number of hydrogen-bond donors (Lipinski definition) is 6. The van der Waals surface area contributed by atoms with Crippen molar-refractivity contribution in [3.63, 3.8) is 0 Å². The van der Waals surface area contributed by atoms with Gasteiger partial charge in [0.1, 0.15) is 11.5 Å². The van der Waals surface area contributed by atoms with Crippen molar-refractivity contribution in [2.75, 3.05) is 14.2 Å². The summed E-state index contributed by atoms with van der Waals surface area (Å²) < 4.78 is 20.5. The number of fused-ring (bicyclic) bond motifs is 2. The minimum absolute atomic E-state index is 0.213. The number of carbonyl (C=O) groups excluding carboxylic acids is 3. The van der Waals surface area contributed by atoms with Crippen LogP contribution < -0.4 is 36.3 Å². The van der Waals surface area contributed by atoms with E-state index in [4.69, 9.17) is 23.9 Å². The number of rotatable bonds is 12. The summed E-state index contributed by atoms with van der Waals surface area (Å²) in [5.41, 5.74) is 4.35. The van der Waals surface area contributed by atoms with E-state index in [9.17, 15) is 29.2 Å². The van der Waals surface area contributed by atoms with Crippen molar-refractivity contribution in [3.05, 3.63) is 82.4 Å². The number of amides is 3. The molecule has 252 valence electrons. The molecule has 3 aromatic rings. The minimum atomic E-state index is -1.01. The molecule has 0 radical (unpaired) electrons. The Kier molecular flexibility index (Phi) is 12.2. The van der Waals surface area contributed by atoms with Gasteiger partial charge in [-0.05, 0) is 77.9 Å². The van der Waals surface area contributed by atoms with Crippen LogP contribution in [0.3, 0.4) is 0 Å². The monoisotopic (exact) mass is 661 g/mol. The van der Waals surface area contributed by atoms with Crippen LogP contribution in [-0.4, -0.2) is 79.9 Å². The fraction of sp³-hybridized carbons (Fsp3) is 0.312. The normalized spacial score (nSPS) is 14.7. The van der Waals surface area contributed by atoms with Crippen LogP contribution in [-0.2, 0) is 32.1 Å². The molecule has 2 heterocycles. The van der Waals surface area contributed by atoms with Crippen molar-refractivity contribution in [3.8, 4) is 11.5 Å². The zero-order valence-electron chi connectivity index (χ0n) is 26.9. The zero-order valence-corrected chi connectivity index (χ0v) is 26.9. The third-order valence-electron chi connectivity index (χ3n) is 8.03. The first-order chi connectivity index (χ1) is 22.9. The molecule has 0 saturated heterocycles. The Balaban J connectivity index is 0.000000248. The van der Waals surface area contributed by atoms with Gasteiger partial charge in [-0.15, -0.1) is 0 Å². The van der Waals surface area contributed by atoms with Crippen LogP contribution in [0.1, 0.15) is 63.7 Å². The predicted molar refractivity (Wildman–Crippen MR) is 175 cm³/mol. The molecule has 3 amide bonds. The molecule has 0 spiro atoms. The lowest BCUT2D eigenvalue weighted by Crippen LogP contribution is -2.48. The third kappa shape index (κ3) is 8.92. The number of carboxylic acids is 1. The molecule has 0 fully saturated rings. The van der Waals surface area contributed by atoms with Crippen molar-refractivity contribution in [2.45, 2.75) is 51.6 Å². The molecule has 5 rings (SSSR count). The molecule has 0 aliphatic carbocycles. The van der Waals surface area contributed by atoms with Crippen molar-refractivity contribution in [1.29, 1.82) is 0 Å². The molecule has 0 saturated carbocycles. The van der Waals surface area contributed by atoms with Gasteiger partial charge in [0.25, 0.3) is 11.8 Å². The quantitative estimate of drug-likeness (QED) is 0.113. The molecular weight excluding hydrogens is 624 g/mol. The second-order valence-electron chi connectivity index (χ2n) is 11.3. The zero-order chi connectivity index (χ0) is 35.0. The lowest BCUT2D eigenvalue weighted by Gasteiger charge is -2.23. The van der Waals surface area contributed by atoms with Gasteiger partial charge in [-0.2, -0.15) is 0 Å². The van der Waals surface area contributed by atoms with Crippen molar-refractivity contribution in [1.82, 2.24) is 16.0 Å². The summed E-state index contributed by atoms with van der Waals surface area (Å²) in [4.78, 5) is 46.5. The summed E-state index contributed by atoms with van der Waals surface area (Å²) in [6, 6.07) is 13.8. The Morgan fingerprint density at radius 1 is 0.812 bits per heavy atom. The topological polar surface area (TPSA) is 202 Å². The summed E-state index contributed by atoms with van der Waals surface area (Å²) in [5, 5.41) is 36.6. The number of methoxy groups -OCH3 is 2. The minimum Gasteiger partial charge on any atom is -0.497 e. The highest BCUT2D eigenvalue weighted by molar-refractivity contribution is 6.62. The molecule has 2 aliphatic rings. The van der Waals surface area contributed by atoms with Crippen LogP contribution in [0.15, 0.2) is 54.6 Å². The van der Waals surface area contributed by atoms with Crippen LogP contribution in [0.25, 0.3) is 0 Å². The Morgan fingerprint density at radius 2 is 1.27 bits per heavy atom. The molecular formula is C32H37B2N3O11. The summed E-state index contributed by atoms with van der Waals surface area (Å²) in [6.07, 6.45) is 0.259. The highest BCUT2D eigenvalue weighted by Gasteiger charge is 2.30. The SMILES string of the molecule is CC(NC(=O)c1ccc2c(c1)B(O)OC2)C(C)NC(=O)c1ccc2c(c1)B(O)OC2.COc1cc(OC)cc(C(CC(=O)O)NC=O)c1. The maximum atomic E-state index is 12.6. The standard InChI is InChI=1S/C20H22B2N2O6.C12H15NO5/c1-11(23-19(25)13-3-5-15-9-29-21(27)17(15)7-13)12(2)24-20(26)14-4-6-16-10-30-22(28)18(16)8-14;1-17-9-3-8(4-10(5-9)18-2)11(13-7-14)6-12(15)16/h3-8,11-12,27-28H,9-10H2,1-2H3,(H,23,25)(H,24,26);3-5,7,11H,6H2,1-2H3,(H,13,14)(H,15,16). The molecule has 3 aromatic carbocycles. The van der Waals surface area contributed by atoms with Gasteiger partial charge < -0.3 is 49.9 Å². The fourth-order valence-corrected chi connectivity index (χ4v) is 5.10. The van der Waals surface area contributed by atoms with E-state index in [2.05, 4.69) is 16.0 Å². The fourth-order valence-electron chi connectivity index (χ4n) is 5.10. The lowest BCUT2D eigenvalue weighted by atomic mass is 9.78. The largest absolute Gasteiger partial charge is 0.497 e. The van der Waals surface area contributed by atoms with E-state index in [1.165, 1.54) is 14.2 Å². The second-order valence-corrected chi connectivity index (χ2v) is 11.3. The van der Waals surface area contributed by atoms with Gasteiger partial charge >= 0.3 is 20.2 Å². The molecule has 2 aliphatic heterocycles. The summed E-state index contributed by atoms with van der Waals surface area (Å²) >= 11 is 0. The maximum Gasteiger partial charge on any atom is 0.491 e. The van der Waals surface area contributed by atoms with Crippen LogP contribution in [0.2, 0.25) is 0 Å². The highest BCUT2D eigenvalue weighted by Crippen LogP contribution is 2.27. The average molecular weight is 661 g/mol. The number of carbonyl (C=O) groups is 4. The Bertz CT molecular complexity index is 1560. The first-order valence-corrected chi connectivity index (χ1v) is 15.0. The Morgan fingerprint density at radius 3 is 1.67 bits per heavy atom. The third-order valence-corrected chi connectivity index (χ3v) is 8.03. The van der Waals surface area contributed by atoms with E-state index < -0.39 is 26.2 Å². The van der Waals surface area contributed by atoms with E-state index in [1.54, 1.807) is 68.4 Å². The average Bonchev–Trinajstić information content (AvgIpc) is 3.65. The molecule has 3 unspecified atom stereocenters. The number of carboxylic acid groups (broad SMARTS) is 1. The Hall–Kier alpha value is -4.89.